The van der Waals surface area contributed by atoms with Crippen molar-refractivity contribution in [3.05, 3.63) is 99.6 Å². The number of anilines is 1. The van der Waals surface area contributed by atoms with Gasteiger partial charge in [-0.15, -0.1) is 0 Å². The number of para-hydroxylation sites is 1. The number of carbonyl (C=O) groups excluding carboxylic acids is 2. The van der Waals surface area contributed by atoms with Crippen LogP contribution in [0.25, 0.3) is 0 Å². The number of ketones is 1. The highest BCUT2D eigenvalue weighted by Crippen LogP contribution is 2.41. The van der Waals surface area contributed by atoms with Crippen LogP contribution in [0.5, 0.6) is 0 Å². The van der Waals surface area contributed by atoms with Gasteiger partial charge in [0.05, 0.1) is 16.3 Å². The Morgan fingerprint density at radius 2 is 1.29 bits per heavy atom. The first-order chi connectivity index (χ1) is 15.9. The van der Waals surface area contributed by atoms with E-state index in [0.717, 1.165) is 5.56 Å². The number of nitrogens with zero attached hydrogens (tertiary/aromatic N) is 2. The average Bonchev–Trinajstić information content (AvgIpc) is 3.10. The van der Waals surface area contributed by atoms with Gasteiger partial charge in [-0.25, -0.2) is 0 Å². The Morgan fingerprint density at radius 3 is 1.82 bits per heavy atom. The second kappa shape index (κ2) is 8.52. The summed E-state index contributed by atoms with van der Waals surface area (Å²) >= 11 is 6.43. The molecule has 1 amide bonds. The lowest BCUT2D eigenvalue weighted by atomic mass is 9.71. The van der Waals surface area contributed by atoms with Gasteiger partial charge in [0.2, 0.25) is 0 Å². The van der Waals surface area contributed by atoms with E-state index in [1.54, 1.807) is 12.1 Å². The minimum absolute atomic E-state index is 0.0240. The van der Waals surface area contributed by atoms with Gasteiger partial charge in [0.25, 0.3) is 5.91 Å². The highest BCUT2D eigenvalue weighted by atomic mass is 35.5. The fourth-order valence-electron chi connectivity index (χ4n) is 4.14. The van der Waals surface area contributed by atoms with Crippen LogP contribution in [0.1, 0.15) is 47.1 Å². The number of allylic oxidation sites excluding steroid dienone is 5. The summed E-state index contributed by atoms with van der Waals surface area (Å²) in [6.07, 6.45) is 3.72. The van der Waals surface area contributed by atoms with Crippen LogP contribution in [0.2, 0.25) is 5.02 Å². The normalized spacial score (nSPS) is 17.1. The highest BCUT2D eigenvalue weighted by molar-refractivity contribution is 6.39. The fourth-order valence-corrected chi connectivity index (χ4v) is 4.35. The van der Waals surface area contributed by atoms with E-state index >= 15 is 0 Å². The van der Waals surface area contributed by atoms with Crippen LogP contribution in [0.15, 0.2) is 94.1 Å². The quantitative estimate of drug-likeness (QED) is 0.445. The number of halogens is 1. The third kappa shape index (κ3) is 4.30. The molecular formula is C29H29ClN2O2. The Morgan fingerprint density at radius 1 is 0.765 bits per heavy atom. The lowest BCUT2D eigenvalue weighted by Crippen LogP contribution is -2.29. The molecule has 0 fully saturated rings. The van der Waals surface area contributed by atoms with Gasteiger partial charge >= 0.3 is 0 Å². The molecule has 1 aliphatic heterocycles. The molecule has 0 saturated heterocycles. The number of hydrazone groups is 1. The van der Waals surface area contributed by atoms with Crippen molar-refractivity contribution in [2.75, 3.05) is 5.01 Å². The maximum atomic E-state index is 13.9. The predicted molar refractivity (Wildman–Crippen MR) is 139 cm³/mol. The summed E-state index contributed by atoms with van der Waals surface area (Å²) in [5, 5.41) is 6.53. The van der Waals surface area contributed by atoms with Crippen LogP contribution in [0.4, 0.5) is 5.69 Å². The molecule has 4 nitrogen and oxygen atoms in total. The van der Waals surface area contributed by atoms with Crippen molar-refractivity contribution in [1.82, 2.24) is 0 Å². The van der Waals surface area contributed by atoms with E-state index in [1.165, 1.54) is 5.01 Å². The number of benzene rings is 2. The molecule has 0 radical (unpaired) electrons. The zero-order valence-corrected chi connectivity index (χ0v) is 21.2. The van der Waals surface area contributed by atoms with E-state index < -0.39 is 0 Å². The standard InChI is InChI=1S/C29H29ClN2O2/c1-28(2,3)20-16-19(17-21(26(20)33)29(4,5)6)24-25(18-12-8-7-9-13-18)31-32(27(24)34)23-15-11-10-14-22(23)30/h7-17H,1-6H3. The van der Waals surface area contributed by atoms with Crippen LogP contribution in [-0.2, 0) is 9.59 Å². The molecule has 0 N–H and O–H groups in total. The van der Waals surface area contributed by atoms with E-state index in [9.17, 15) is 9.59 Å². The summed E-state index contributed by atoms with van der Waals surface area (Å²) in [6.45, 7) is 12.1. The molecule has 5 heteroatoms. The summed E-state index contributed by atoms with van der Waals surface area (Å²) in [5.41, 5.74) is 3.63. The number of carbonyl (C=O) groups is 2. The Bertz CT molecular complexity index is 1260. The first kappa shape index (κ1) is 23.9. The third-order valence-corrected chi connectivity index (χ3v) is 6.28. The largest absolute Gasteiger partial charge is 0.289 e. The molecule has 0 spiro atoms. The minimum Gasteiger partial charge on any atom is -0.289 e. The van der Waals surface area contributed by atoms with Crippen molar-refractivity contribution in [3.63, 3.8) is 0 Å². The van der Waals surface area contributed by atoms with Gasteiger partial charge in [0, 0.05) is 16.7 Å². The Labute approximate surface area is 206 Å². The lowest BCUT2D eigenvalue weighted by molar-refractivity contribution is -0.115. The zero-order chi connectivity index (χ0) is 24.8. The molecule has 1 aliphatic carbocycles. The minimum atomic E-state index is -0.387. The summed E-state index contributed by atoms with van der Waals surface area (Å²) in [7, 11) is 0. The van der Waals surface area contributed by atoms with Gasteiger partial charge in [-0.1, -0.05) is 95.6 Å². The molecule has 0 bridgehead atoms. The molecule has 0 saturated carbocycles. The monoisotopic (exact) mass is 472 g/mol. The van der Waals surface area contributed by atoms with E-state index in [2.05, 4.69) is 0 Å². The molecule has 2 aromatic carbocycles. The van der Waals surface area contributed by atoms with Gasteiger partial charge in [-0.3, -0.25) is 9.59 Å². The van der Waals surface area contributed by atoms with Gasteiger partial charge in [-0.05, 0) is 40.7 Å². The van der Waals surface area contributed by atoms with E-state index in [-0.39, 0.29) is 22.5 Å². The number of amides is 1. The molecule has 0 atom stereocenters. The fraction of sp³-hybridized carbons (Fsp3) is 0.276. The Hall–Kier alpha value is -3.24. The summed E-state index contributed by atoms with van der Waals surface area (Å²) in [5.74, 6) is -0.249. The summed E-state index contributed by atoms with van der Waals surface area (Å²) in [4.78, 5) is 27.3. The third-order valence-electron chi connectivity index (χ3n) is 5.96. The second-order valence-corrected chi connectivity index (χ2v) is 11.1. The first-order valence-electron chi connectivity index (χ1n) is 11.4. The van der Waals surface area contributed by atoms with E-state index in [0.29, 0.717) is 38.7 Å². The lowest BCUT2D eigenvalue weighted by Gasteiger charge is -2.31. The van der Waals surface area contributed by atoms with Gasteiger partial charge in [-0.2, -0.15) is 10.1 Å². The predicted octanol–water partition coefficient (Wildman–Crippen LogP) is 6.92. The van der Waals surface area contributed by atoms with Crippen LogP contribution in [0, 0.1) is 10.8 Å². The first-order valence-corrected chi connectivity index (χ1v) is 11.7. The van der Waals surface area contributed by atoms with Crippen molar-refractivity contribution < 1.29 is 9.59 Å². The molecule has 2 aliphatic rings. The van der Waals surface area contributed by atoms with E-state index in [1.807, 2.05) is 96.2 Å². The maximum Gasteiger partial charge on any atom is 0.281 e. The van der Waals surface area contributed by atoms with Gasteiger partial charge in [0.15, 0.2) is 5.78 Å². The molecular weight excluding hydrogens is 444 g/mol. The van der Waals surface area contributed by atoms with Crippen LogP contribution < -0.4 is 5.01 Å². The van der Waals surface area contributed by atoms with Gasteiger partial charge in [0.1, 0.15) is 5.71 Å². The molecule has 34 heavy (non-hydrogen) atoms. The van der Waals surface area contributed by atoms with Crippen LogP contribution >= 0.6 is 11.6 Å². The molecule has 4 rings (SSSR count). The van der Waals surface area contributed by atoms with Gasteiger partial charge < -0.3 is 0 Å². The summed E-state index contributed by atoms with van der Waals surface area (Å²) < 4.78 is 0. The summed E-state index contributed by atoms with van der Waals surface area (Å²) in [6, 6.07) is 16.8. The second-order valence-electron chi connectivity index (χ2n) is 10.7. The van der Waals surface area contributed by atoms with Crippen LogP contribution in [0.3, 0.4) is 0 Å². The molecule has 174 valence electrons. The average molecular weight is 473 g/mol. The molecule has 0 unspecified atom stereocenters. The molecule has 1 heterocycles. The van der Waals surface area contributed by atoms with Crippen LogP contribution in [-0.4, -0.2) is 17.4 Å². The van der Waals surface area contributed by atoms with Crippen molar-refractivity contribution >= 4 is 34.7 Å². The van der Waals surface area contributed by atoms with E-state index in [4.69, 9.17) is 16.7 Å². The zero-order valence-electron chi connectivity index (χ0n) is 20.4. The van der Waals surface area contributed by atoms with Crippen molar-refractivity contribution in [2.24, 2.45) is 15.9 Å². The molecule has 0 aromatic heterocycles. The maximum absolute atomic E-state index is 13.9. The Balaban J connectivity index is 2.02. The number of Topliss-reactive ketones (excluding diaryl/α,β-unsaturated/α-hetero) is 1. The van der Waals surface area contributed by atoms with Crippen molar-refractivity contribution in [1.29, 1.82) is 0 Å². The number of hydrogen-bond acceptors (Lipinski definition) is 3. The van der Waals surface area contributed by atoms with Crippen molar-refractivity contribution in [2.45, 2.75) is 41.5 Å². The smallest absolute Gasteiger partial charge is 0.281 e. The number of rotatable bonds is 2. The topological polar surface area (TPSA) is 49.7 Å². The highest BCUT2D eigenvalue weighted by Gasteiger charge is 2.39. The molecule has 2 aromatic rings. The SMILES string of the molecule is CC(C)(C)C1=CC(=C2C(=O)N(c3ccccc3Cl)N=C2c2ccccc2)C=C(C(C)(C)C)C1=O. The Kier molecular flexibility index (Phi) is 5.99. The van der Waals surface area contributed by atoms with Crippen molar-refractivity contribution in [3.8, 4) is 0 Å². The number of hydrogen-bond donors (Lipinski definition) is 0.